The lowest BCUT2D eigenvalue weighted by molar-refractivity contribution is -0.116. The monoisotopic (exact) mass is 351 g/mol. The third kappa shape index (κ3) is 3.10. The Morgan fingerprint density at radius 1 is 0.962 bits per heavy atom. The first-order valence-electron chi connectivity index (χ1n) is 8.87. The maximum atomic E-state index is 12.6. The molecular weight excluding hydrogens is 330 g/mol. The number of phenolic OH excluding ortho intramolecular Hbond substituents is 1. The quantitative estimate of drug-likeness (QED) is 0.870. The number of anilines is 2. The first kappa shape index (κ1) is 16.4. The molecule has 0 atom stereocenters. The van der Waals surface area contributed by atoms with Crippen LogP contribution in [0, 0.1) is 0 Å². The van der Waals surface area contributed by atoms with Crippen LogP contribution >= 0.6 is 0 Å². The van der Waals surface area contributed by atoms with Crippen molar-refractivity contribution in [1.82, 2.24) is 4.90 Å². The van der Waals surface area contributed by atoms with E-state index in [0.29, 0.717) is 25.1 Å². The molecule has 6 heteroatoms. The van der Waals surface area contributed by atoms with Crippen molar-refractivity contribution in [2.45, 2.75) is 12.8 Å². The van der Waals surface area contributed by atoms with Crippen molar-refractivity contribution < 1.29 is 14.7 Å². The molecule has 1 saturated heterocycles. The van der Waals surface area contributed by atoms with Crippen molar-refractivity contribution in [3.63, 3.8) is 0 Å². The Bertz CT molecular complexity index is 840. The lowest BCUT2D eigenvalue weighted by Crippen LogP contribution is -2.49. The number of piperazine rings is 1. The Kier molecular flexibility index (Phi) is 4.24. The molecule has 2 amide bonds. The number of nitrogens with one attached hydrogen (secondary N) is 1. The van der Waals surface area contributed by atoms with E-state index in [1.807, 2.05) is 17.0 Å². The number of carbonyl (C=O) groups is 2. The summed E-state index contributed by atoms with van der Waals surface area (Å²) in [4.78, 5) is 28.3. The van der Waals surface area contributed by atoms with Gasteiger partial charge in [-0.2, -0.15) is 0 Å². The lowest BCUT2D eigenvalue weighted by atomic mass is 10.00. The third-order valence-corrected chi connectivity index (χ3v) is 5.05. The van der Waals surface area contributed by atoms with E-state index in [1.54, 1.807) is 12.1 Å². The van der Waals surface area contributed by atoms with Gasteiger partial charge in [-0.05, 0) is 48.4 Å². The standard InChI is InChI=1S/C20H21N3O3/c24-15-6-4-14(5-7-15)20(26)23-12-10-22(11-13-23)18-3-1-2-17-16(18)8-9-19(25)21-17/h1-7,24H,8-13H2,(H,21,25). The normalized spacial score (nSPS) is 16.8. The summed E-state index contributed by atoms with van der Waals surface area (Å²) in [5.41, 5.74) is 3.84. The highest BCUT2D eigenvalue weighted by molar-refractivity contribution is 5.96. The van der Waals surface area contributed by atoms with Crippen LogP contribution in [0.4, 0.5) is 11.4 Å². The zero-order chi connectivity index (χ0) is 18.1. The van der Waals surface area contributed by atoms with Crippen molar-refractivity contribution in [1.29, 1.82) is 0 Å². The van der Waals surface area contributed by atoms with Gasteiger partial charge in [-0.1, -0.05) is 6.07 Å². The fourth-order valence-corrected chi connectivity index (χ4v) is 3.64. The summed E-state index contributed by atoms with van der Waals surface area (Å²) in [6.07, 6.45) is 1.27. The maximum absolute atomic E-state index is 12.6. The number of hydrogen-bond acceptors (Lipinski definition) is 4. The van der Waals surface area contributed by atoms with E-state index >= 15 is 0 Å². The van der Waals surface area contributed by atoms with Crippen LogP contribution in [0.3, 0.4) is 0 Å². The fraction of sp³-hybridized carbons (Fsp3) is 0.300. The summed E-state index contributed by atoms with van der Waals surface area (Å²) in [5, 5.41) is 12.3. The Hall–Kier alpha value is -3.02. The van der Waals surface area contributed by atoms with E-state index < -0.39 is 0 Å². The smallest absolute Gasteiger partial charge is 0.253 e. The Labute approximate surface area is 152 Å². The molecule has 6 nitrogen and oxygen atoms in total. The van der Waals surface area contributed by atoms with Crippen LogP contribution in [0.25, 0.3) is 0 Å². The number of aromatic hydroxyl groups is 1. The highest BCUT2D eigenvalue weighted by Crippen LogP contribution is 2.32. The molecule has 0 aliphatic carbocycles. The highest BCUT2D eigenvalue weighted by atomic mass is 16.3. The van der Waals surface area contributed by atoms with Crippen molar-refractivity contribution in [3.8, 4) is 5.75 Å². The van der Waals surface area contributed by atoms with Gasteiger partial charge in [-0.3, -0.25) is 9.59 Å². The minimum atomic E-state index is -0.00740. The second-order valence-electron chi connectivity index (χ2n) is 6.68. The second kappa shape index (κ2) is 6.71. The average molecular weight is 351 g/mol. The van der Waals surface area contributed by atoms with Crippen molar-refractivity contribution in [2.75, 3.05) is 36.4 Å². The Morgan fingerprint density at radius 2 is 1.69 bits per heavy atom. The highest BCUT2D eigenvalue weighted by Gasteiger charge is 2.25. The van der Waals surface area contributed by atoms with E-state index in [1.165, 1.54) is 17.7 Å². The number of benzene rings is 2. The zero-order valence-corrected chi connectivity index (χ0v) is 14.4. The van der Waals surface area contributed by atoms with Gasteiger partial charge in [0.15, 0.2) is 0 Å². The Balaban J connectivity index is 1.46. The molecule has 0 aromatic heterocycles. The zero-order valence-electron chi connectivity index (χ0n) is 14.4. The lowest BCUT2D eigenvalue weighted by Gasteiger charge is -2.37. The minimum Gasteiger partial charge on any atom is -0.508 e. The molecule has 2 aliphatic heterocycles. The van der Waals surface area contributed by atoms with Crippen molar-refractivity contribution in [3.05, 3.63) is 53.6 Å². The number of amides is 2. The van der Waals surface area contributed by atoms with Gasteiger partial charge in [0.05, 0.1) is 0 Å². The predicted octanol–water partition coefficient (Wildman–Crippen LogP) is 2.24. The summed E-state index contributed by atoms with van der Waals surface area (Å²) in [6.45, 7) is 2.81. The van der Waals surface area contributed by atoms with Gasteiger partial charge in [-0.15, -0.1) is 0 Å². The molecule has 1 fully saturated rings. The molecule has 2 aromatic carbocycles. The Morgan fingerprint density at radius 3 is 2.42 bits per heavy atom. The average Bonchev–Trinajstić information content (AvgIpc) is 2.67. The summed E-state index contributed by atoms with van der Waals surface area (Å²) < 4.78 is 0. The van der Waals surface area contributed by atoms with Gasteiger partial charge in [0.2, 0.25) is 5.91 Å². The SMILES string of the molecule is O=C1CCc2c(cccc2N2CCN(C(=O)c3ccc(O)cc3)CC2)N1. The van der Waals surface area contributed by atoms with E-state index in [-0.39, 0.29) is 17.6 Å². The summed E-state index contributed by atoms with van der Waals surface area (Å²) in [5.74, 6) is 0.221. The molecule has 0 radical (unpaired) electrons. The largest absolute Gasteiger partial charge is 0.508 e. The molecular formula is C20H21N3O3. The number of rotatable bonds is 2. The van der Waals surface area contributed by atoms with Gasteiger partial charge >= 0.3 is 0 Å². The van der Waals surface area contributed by atoms with E-state index in [2.05, 4.69) is 16.3 Å². The van der Waals surface area contributed by atoms with E-state index in [0.717, 1.165) is 30.9 Å². The number of carbonyl (C=O) groups excluding carboxylic acids is 2. The van der Waals surface area contributed by atoms with E-state index in [4.69, 9.17) is 0 Å². The summed E-state index contributed by atoms with van der Waals surface area (Å²) in [7, 11) is 0. The van der Waals surface area contributed by atoms with Crippen LogP contribution in [0.2, 0.25) is 0 Å². The number of nitrogens with zero attached hydrogens (tertiary/aromatic N) is 2. The van der Waals surface area contributed by atoms with Crippen LogP contribution in [0.1, 0.15) is 22.3 Å². The van der Waals surface area contributed by atoms with Gasteiger partial charge in [-0.25, -0.2) is 0 Å². The fourth-order valence-electron chi connectivity index (χ4n) is 3.64. The second-order valence-corrected chi connectivity index (χ2v) is 6.68. The molecule has 26 heavy (non-hydrogen) atoms. The summed E-state index contributed by atoms with van der Waals surface area (Å²) in [6, 6.07) is 12.4. The third-order valence-electron chi connectivity index (χ3n) is 5.05. The molecule has 0 spiro atoms. The first-order chi connectivity index (χ1) is 12.6. The minimum absolute atomic E-state index is 0.00740. The molecule has 2 N–H and O–H groups in total. The molecule has 0 unspecified atom stereocenters. The van der Waals surface area contributed by atoms with Gasteiger partial charge in [0.1, 0.15) is 5.75 Å². The molecule has 2 aromatic rings. The topological polar surface area (TPSA) is 72.9 Å². The number of phenols is 1. The number of fused-ring (bicyclic) bond motifs is 1. The molecule has 2 aliphatic rings. The predicted molar refractivity (Wildman–Crippen MR) is 99.6 cm³/mol. The molecule has 2 heterocycles. The molecule has 4 rings (SSSR count). The van der Waals surface area contributed by atoms with Gasteiger partial charge < -0.3 is 20.2 Å². The number of hydrogen-bond donors (Lipinski definition) is 2. The van der Waals surface area contributed by atoms with Crippen LogP contribution < -0.4 is 10.2 Å². The van der Waals surface area contributed by atoms with Crippen molar-refractivity contribution in [2.24, 2.45) is 0 Å². The molecule has 0 bridgehead atoms. The molecule has 0 saturated carbocycles. The van der Waals surface area contributed by atoms with E-state index in [9.17, 15) is 14.7 Å². The molecule has 134 valence electrons. The van der Waals surface area contributed by atoms with Crippen LogP contribution in [0.5, 0.6) is 5.75 Å². The van der Waals surface area contributed by atoms with Crippen LogP contribution in [-0.4, -0.2) is 48.0 Å². The first-order valence-corrected chi connectivity index (χ1v) is 8.87. The van der Waals surface area contributed by atoms with Crippen LogP contribution in [0.15, 0.2) is 42.5 Å². The van der Waals surface area contributed by atoms with Gasteiger partial charge in [0, 0.05) is 49.5 Å². The summed E-state index contributed by atoms with van der Waals surface area (Å²) >= 11 is 0. The maximum Gasteiger partial charge on any atom is 0.253 e. The van der Waals surface area contributed by atoms with Gasteiger partial charge in [0.25, 0.3) is 5.91 Å². The van der Waals surface area contributed by atoms with Crippen LogP contribution in [-0.2, 0) is 11.2 Å². The van der Waals surface area contributed by atoms with Crippen molar-refractivity contribution >= 4 is 23.2 Å².